The number of halogens is 2. The van der Waals surface area contributed by atoms with Gasteiger partial charge in [0, 0.05) is 11.0 Å². The molecule has 0 amide bonds. The van der Waals surface area contributed by atoms with Crippen LogP contribution in [0.4, 0.5) is 4.39 Å². The molecule has 2 saturated carbocycles. The Labute approximate surface area is 135 Å². The fraction of sp³-hybridized carbons (Fsp3) is 0.667. The predicted molar refractivity (Wildman–Crippen MR) is 88.8 cm³/mol. The Morgan fingerprint density at radius 1 is 1.38 bits per heavy atom. The van der Waals surface area contributed by atoms with Gasteiger partial charge in [-0.15, -0.1) is 0 Å². The second-order valence-electron chi connectivity index (χ2n) is 7.03. The first-order valence-corrected chi connectivity index (χ1v) is 9.07. The molecule has 3 atom stereocenters. The summed E-state index contributed by atoms with van der Waals surface area (Å²) in [6.07, 6.45) is 7.42. The van der Waals surface area contributed by atoms with E-state index in [4.69, 9.17) is 0 Å². The average Bonchev–Trinajstić information content (AvgIpc) is 3.04. The van der Waals surface area contributed by atoms with Crippen LogP contribution >= 0.6 is 15.9 Å². The highest BCUT2D eigenvalue weighted by Gasteiger charge is 2.50. The maximum absolute atomic E-state index is 14.2. The fourth-order valence-electron chi connectivity index (χ4n) is 4.63. The van der Waals surface area contributed by atoms with Gasteiger partial charge in [0.15, 0.2) is 0 Å². The average molecular weight is 354 g/mol. The van der Waals surface area contributed by atoms with Gasteiger partial charge in [0.05, 0.1) is 0 Å². The third kappa shape index (κ3) is 3.19. The second-order valence-corrected chi connectivity index (χ2v) is 7.95. The van der Waals surface area contributed by atoms with Gasteiger partial charge < -0.3 is 5.32 Å². The van der Waals surface area contributed by atoms with Gasteiger partial charge in [0.1, 0.15) is 5.82 Å². The fourth-order valence-corrected chi connectivity index (χ4v) is 5.03. The topological polar surface area (TPSA) is 12.0 Å². The SMILES string of the molecule is CCCNCC1(Cc2cc(Br)ccc2F)CC2CCC1C2. The Balaban J connectivity index is 1.81. The van der Waals surface area contributed by atoms with Crippen molar-refractivity contribution in [3.8, 4) is 0 Å². The van der Waals surface area contributed by atoms with Crippen LogP contribution in [0, 0.1) is 23.1 Å². The summed E-state index contributed by atoms with van der Waals surface area (Å²) >= 11 is 3.49. The van der Waals surface area contributed by atoms with Gasteiger partial charge in [-0.3, -0.25) is 0 Å². The van der Waals surface area contributed by atoms with Gasteiger partial charge in [-0.2, -0.15) is 0 Å². The first-order chi connectivity index (χ1) is 10.1. The first-order valence-electron chi connectivity index (χ1n) is 8.27. The standard InChI is InChI=1S/C18H25BrFN/c1-2-7-21-12-18(10-13-3-4-15(18)8-13)11-14-9-16(19)5-6-17(14)20/h5-6,9,13,15,21H,2-4,7-8,10-12H2,1H3. The monoisotopic (exact) mass is 353 g/mol. The highest BCUT2D eigenvalue weighted by atomic mass is 79.9. The van der Waals surface area contributed by atoms with Crippen LogP contribution in [0.3, 0.4) is 0 Å². The van der Waals surface area contributed by atoms with E-state index in [1.54, 1.807) is 12.1 Å². The van der Waals surface area contributed by atoms with Gasteiger partial charge in [-0.05, 0) is 79.7 Å². The Hall–Kier alpha value is -0.410. The molecule has 3 unspecified atom stereocenters. The van der Waals surface area contributed by atoms with Crippen LogP contribution in [0.5, 0.6) is 0 Å². The number of hydrogen-bond acceptors (Lipinski definition) is 1. The molecule has 2 fully saturated rings. The Kier molecular flexibility index (Phi) is 4.70. The van der Waals surface area contributed by atoms with Crippen molar-refractivity contribution in [2.24, 2.45) is 17.3 Å². The zero-order valence-electron chi connectivity index (χ0n) is 12.8. The summed E-state index contributed by atoms with van der Waals surface area (Å²) in [4.78, 5) is 0. The molecule has 21 heavy (non-hydrogen) atoms. The molecule has 1 nitrogen and oxygen atoms in total. The molecule has 0 heterocycles. The lowest BCUT2D eigenvalue weighted by Gasteiger charge is -2.38. The van der Waals surface area contributed by atoms with Crippen LogP contribution in [0.2, 0.25) is 0 Å². The van der Waals surface area contributed by atoms with Crippen LogP contribution in [-0.2, 0) is 6.42 Å². The Morgan fingerprint density at radius 3 is 2.90 bits per heavy atom. The summed E-state index contributed by atoms with van der Waals surface area (Å²) in [6, 6.07) is 5.37. The van der Waals surface area contributed by atoms with Gasteiger partial charge in [-0.1, -0.05) is 29.3 Å². The molecule has 116 valence electrons. The molecule has 1 N–H and O–H groups in total. The number of hydrogen-bond donors (Lipinski definition) is 1. The quantitative estimate of drug-likeness (QED) is 0.714. The van der Waals surface area contributed by atoms with E-state index in [2.05, 4.69) is 28.2 Å². The Bertz CT molecular complexity index is 504. The maximum atomic E-state index is 14.2. The molecule has 0 radical (unpaired) electrons. The van der Waals surface area contributed by atoms with E-state index < -0.39 is 0 Å². The van der Waals surface area contributed by atoms with Crippen LogP contribution < -0.4 is 5.32 Å². The van der Waals surface area contributed by atoms with Gasteiger partial charge in [-0.25, -0.2) is 4.39 Å². The molecule has 2 bridgehead atoms. The van der Waals surface area contributed by atoms with Gasteiger partial charge in [0.25, 0.3) is 0 Å². The van der Waals surface area contributed by atoms with Crippen molar-refractivity contribution < 1.29 is 4.39 Å². The number of rotatable bonds is 6. The molecule has 2 aliphatic carbocycles. The molecule has 2 aliphatic rings. The molecule has 0 saturated heterocycles. The lowest BCUT2D eigenvalue weighted by molar-refractivity contribution is 0.155. The van der Waals surface area contributed by atoms with E-state index in [9.17, 15) is 4.39 Å². The van der Waals surface area contributed by atoms with E-state index in [0.29, 0.717) is 0 Å². The van der Waals surface area contributed by atoms with E-state index in [-0.39, 0.29) is 11.2 Å². The normalized spacial score (nSPS) is 31.0. The van der Waals surface area contributed by atoms with Crippen LogP contribution in [0.25, 0.3) is 0 Å². The predicted octanol–water partition coefficient (Wildman–Crippen LogP) is 4.94. The van der Waals surface area contributed by atoms with Crippen molar-refractivity contribution in [2.75, 3.05) is 13.1 Å². The molecular weight excluding hydrogens is 329 g/mol. The lowest BCUT2D eigenvalue weighted by atomic mass is 9.69. The molecule has 3 heteroatoms. The third-order valence-electron chi connectivity index (χ3n) is 5.56. The minimum Gasteiger partial charge on any atom is -0.316 e. The minimum absolute atomic E-state index is 0.0455. The number of fused-ring (bicyclic) bond motifs is 2. The van der Waals surface area contributed by atoms with E-state index in [1.165, 1.54) is 25.7 Å². The highest BCUT2D eigenvalue weighted by molar-refractivity contribution is 9.10. The largest absolute Gasteiger partial charge is 0.316 e. The smallest absolute Gasteiger partial charge is 0.126 e. The maximum Gasteiger partial charge on any atom is 0.126 e. The third-order valence-corrected chi connectivity index (χ3v) is 6.05. The van der Waals surface area contributed by atoms with E-state index in [0.717, 1.165) is 47.8 Å². The van der Waals surface area contributed by atoms with Gasteiger partial charge >= 0.3 is 0 Å². The molecular formula is C18H25BrFN. The summed E-state index contributed by atoms with van der Waals surface area (Å²) in [7, 11) is 0. The summed E-state index contributed by atoms with van der Waals surface area (Å²) in [6.45, 7) is 4.32. The minimum atomic E-state index is -0.0455. The van der Waals surface area contributed by atoms with Crippen molar-refractivity contribution in [2.45, 2.75) is 45.4 Å². The van der Waals surface area contributed by atoms with Crippen molar-refractivity contribution in [1.82, 2.24) is 5.32 Å². The van der Waals surface area contributed by atoms with Crippen LogP contribution in [0.1, 0.15) is 44.6 Å². The van der Waals surface area contributed by atoms with Crippen LogP contribution in [0.15, 0.2) is 22.7 Å². The molecule has 1 aromatic rings. The molecule has 1 aromatic carbocycles. The van der Waals surface area contributed by atoms with Crippen LogP contribution in [-0.4, -0.2) is 13.1 Å². The highest BCUT2D eigenvalue weighted by Crippen LogP contribution is 2.57. The van der Waals surface area contributed by atoms with Crippen molar-refractivity contribution in [3.05, 3.63) is 34.1 Å². The van der Waals surface area contributed by atoms with E-state index >= 15 is 0 Å². The summed E-state index contributed by atoms with van der Waals surface area (Å²) < 4.78 is 15.2. The molecule has 3 rings (SSSR count). The van der Waals surface area contributed by atoms with Crippen molar-refractivity contribution in [1.29, 1.82) is 0 Å². The van der Waals surface area contributed by atoms with E-state index in [1.807, 2.05) is 6.07 Å². The zero-order chi connectivity index (χ0) is 14.9. The lowest BCUT2D eigenvalue weighted by Crippen LogP contribution is -2.41. The first kappa shape index (κ1) is 15.5. The number of nitrogens with one attached hydrogen (secondary N) is 1. The second kappa shape index (κ2) is 6.37. The summed E-state index contributed by atoms with van der Waals surface area (Å²) in [5.74, 6) is 1.62. The zero-order valence-corrected chi connectivity index (χ0v) is 14.4. The molecule has 0 aliphatic heterocycles. The van der Waals surface area contributed by atoms with Crippen molar-refractivity contribution in [3.63, 3.8) is 0 Å². The molecule has 0 aromatic heterocycles. The van der Waals surface area contributed by atoms with Gasteiger partial charge in [0.2, 0.25) is 0 Å². The number of benzene rings is 1. The Morgan fingerprint density at radius 2 is 2.24 bits per heavy atom. The summed E-state index contributed by atoms with van der Waals surface area (Å²) in [5.41, 5.74) is 1.16. The summed E-state index contributed by atoms with van der Waals surface area (Å²) in [5, 5.41) is 3.62. The molecule has 0 spiro atoms. The van der Waals surface area contributed by atoms with Crippen molar-refractivity contribution >= 4 is 15.9 Å².